The number of piperidine rings is 1. The lowest BCUT2D eigenvalue weighted by Gasteiger charge is -2.30. The van der Waals surface area contributed by atoms with Crippen LogP contribution >= 0.6 is 11.8 Å². The molecule has 1 saturated heterocycles. The zero-order valence-electron chi connectivity index (χ0n) is 17.4. The number of oxazole rings is 1. The first-order valence-electron chi connectivity index (χ1n) is 9.82. The maximum atomic E-state index is 12.3. The van der Waals surface area contributed by atoms with Crippen LogP contribution in [0, 0.1) is 0 Å². The normalized spacial score (nSPS) is 20.4. The number of aromatic nitrogens is 1. The molecule has 3 heterocycles. The van der Waals surface area contributed by atoms with Gasteiger partial charge in [0.25, 0.3) is 0 Å². The largest absolute Gasteiger partial charge is 0.441 e. The topological polar surface area (TPSA) is 90.6 Å². The molecule has 2 aliphatic heterocycles. The Labute approximate surface area is 171 Å². The highest BCUT2D eigenvalue weighted by Crippen LogP contribution is 2.27. The third kappa shape index (κ3) is 6.31. The van der Waals surface area contributed by atoms with Crippen LogP contribution in [-0.2, 0) is 5.41 Å². The van der Waals surface area contributed by atoms with Crippen molar-refractivity contribution in [2.45, 2.75) is 64.5 Å². The number of hydrogen-bond acceptors (Lipinski definition) is 6. The fraction of sp³-hybridized carbons (Fsp3) is 0.600. The second-order valence-electron chi connectivity index (χ2n) is 7.53. The van der Waals surface area contributed by atoms with Gasteiger partial charge in [0.15, 0.2) is 5.50 Å². The van der Waals surface area contributed by atoms with Gasteiger partial charge in [0.05, 0.1) is 12.3 Å². The first-order chi connectivity index (χ1) is 13.3. The highest BCUT2D eigenvalue weighted by Gasteiger charge is 2.25. The number of aliphatic hydroxyl groups is 1. The number of carbonyl (C=O) groups is 1. The Kier molecular flexibility index (Phi) is 8.00. The molecule has 1 atom stereocenters. The van der Waals surface area contributed by atoms with Crippen molar-refractivity contribution in [1.82, 2.24) is 20.5 Å². The molecule has 3 rings (SSSR count). The lowest BCUT2D eigenvalue weighted by molar-refractivity contribution is 0.0934. The van der Waals surface area contributed by atoms with Gasteiger partial charge in [-0.15, -0.1) is 0 Å². The van der Waals surface area contributed by atoms with Crippen LogP contribution in [0.15, 0.2) is 27.8 Å². The molecule has 1 fully saturated rings. The summed E-state index contributed by atoms with van der Waals surface area (Å²) in [5.41, 5.74) is -0.272. The minimum Gasteiger partial charge on any atom is -0.441 e. The number of urea groups is 1. The Morgan fingerprint density at radius 3 is 2.64 bits per heavy atom. The number of nitrogens with zero attached hydrogens (tertiary/aromatic N) is 2. The number of aliphatic hydroxyl groups excluding tert-OH is 1. The van der Waals surface area contributed by atoms with Gasteiger partial charge < -0.3 is 25.1 Å². The Bertz CT molecular complexity index is 701. The molecular formula is C20H32N4O3S. The van der Waals surface area contributed by atoms with E-state index in [0.717, 1.165) is 10.7 Å². The molecule has 0 aromatic carbocycles. The van der Waals surface area contributed by atoms with Crippen LogP contribution in [0.2, 0.25) is 0 Å². The monoisotopic (exact) mass is 408 g/mol. The number of thioether (sulfide) groups is 1. The van der Waals surface area contributed by atoms with Gasteiger partial charge in [0.2, 0.25) is 5.89 Å². The van der Waals surface area contributed by atoms with Gasteiger partial charge in [0, 0.05) is 35.7 Å². The van der Waals surface area contributed by atoms with Crippen LogP contribution in [0.4, 0.5) is 4.79 Å². The molecule has 0 radical (unpaired) electrons. The van der Waals surface area contributed by atoms with E-state index in [-0.39, 0.29) is 23.0 Å². The zero-order valence-corrected chi connectivity index (χ0v) is 18.2. The van der Waals surface area contributed by atoms with E-state index in [2.05, 4.69) is 36.4 Å². The number of nitrogens with one attached hydrogen (secondary N) is 2. The number of allylic oxidation sites excluding steroid dienone is 1. The van der Waals surface area contributed by atoms with Crippen molar-refractivity contribution in [1.29, 1.82) is 0 Å². The summed E-state index contributed by atoms with van der Waals surface area (Å²) in [4.78, 5) is 19.3. The van der Waals surface area contributed by atoms with Gasteiger partial charge in [0.1, 0.15) is 5.76 Å². The van der Waals surface area contributed by atoms with Crippen molar-refractivity contribution in [3.8, 4) is 0 Å². The summed E-state index contributed by atoms with van der Waals surface area (Å²) in [6, 6.07) is -0.108. The van der Waals surface area contributed by atoms with Crippen molar-refractivity contribution in [3.05, 3.63) is 35.0 Å². The number of amides is 2. The van der Waals surface area contributed by atoms with E-state index in [9.17, 15) is 9.90 Å². The van der Waals surface area contributed by atoms with Crippen LogP contribution in [-0.4, -0.2) is 45.7 Å². The highest BCUT2D eigenvalue weighted by atomic mass is 32.2. The van der Waals surface area contributed by atoms with Crippen molar-refractivity contribution in [2.24, 2.45) is 0 Å². The fourth-order valence-electron chi connectivity index (χ4n) is 2.66. The molecule has 0 spiro atoms. The average molecular weight is 409 g/mol. The molecular weight excluding hydrogens is 376 g/mol. The molecule has 1 unspecified atom stereocenters. The zero-order chi connectivity index (χ0) is 20.7. The quantitative estimate of drug-likeness (QED) is 0.707. The number of hydrogen-bond donors (Lipinski definition) is 3. The predicted molar refractivity (Wildman–Crippen MR) is 114 cm³/mol. The molecule has 156 valence electrons. The smallest absolute Gasteiger partial charge is 0.319 e. The molecule has 7 nitrogen and oxygen atoms in total. The van der Waals surface area contributed by atoms with E-state index in [4.69, 9.17) is 4.42 Å². The molecule has 0 bridgehead atoms. The van der Waals surface area contributed by atoms with E-state index in [1.54, 1.807) is 11.1 Å². The average Bonchev–Trinajstić information content (AvgIpc) is 3.31. The third-order valence-electron chi connectivity index (χ3n) is 4.29. The van der Waals surface area contributed by atoms with E-state index in [1.807, 2.05) is 32.2 Å². The van der Waals surface area contributed by atoms with Crippen LogP contribution in [0.5, 0.6) is 0 Å². The lowest BCUT2D eigenvalue weighted by Crippen LogP contribution is -2.49. The van der Waals surface area contributed by atoms with Gasteiger partial charge in [-0.3, -0.25) is 0 Å². The van der Waals surface area contributed by atoms with Crippen LogP contribution < -0.4 is 10.6 Å². The predicted octanol–water partition coefficient (Wildman–Crippen LogP) is 3.64. The van der Waals surface area contributed by atoms with E-state index in [1.165, 1.54) is 11.8 Å². The molecule has 3 N–H and O–H groups in total. The van der Waals surface area contributed by atoms with Gasteiger partial charge in [-0.05, 0) is 18.9 Å². The van der Waals surface area contributed by atoms with E-state index in [0.29, 0.717) is 31.8 Å². The molecule has 0 saturated carbocycles. The lowest BCUT2D eigenvalue weighted by atomic mass is 9.94. The van der Waals surface area contributed by atoms with Crippen molar-refractivity contribution in [2.75, 3.05) is 13.1 Å². The van der Waals surface area contributed by atoms with Crippen molar-refractivity contribution < 1.29 is 14.3 Å². The van der Waals surface area contributed by atoms with Crippen molar-refractivity contribution in [3.63, 3.8) is 0 Å². The summed E-state index contributed by atoms with van der Waals surface area (Å²) < 4.78 is 5.74. The Morgan fingerprint density at radius 2 is 2.04 bits per heavy atom. The SMILES string of the molecule is CC.CC(C)(C)c1cnc(/C=C/C2=CNC(NC(=O)N3CCC(O)CC3)S2)o1. The molecule has 1 aromatic rings. The van der Waals surface area contributed by atoms with Crippen LogP contribution in [0.3, 0.4) is 0 Å². The second kappa shape index (κ2) is 10.0. The molecule has 28 heavy (non-hydrogen) atoms. The summed E-state index contributed by atoms with van der Waals surface area (Å²) in [6.45, 7) is 11.4. The summed E-state index contributed by atoms with van der Waals surface area (Å²) in [5.74, 6) is 1.41. The summed E-state index contributed by atoms with van der Waals surface area (Å²) in [7, 11) is 0. The Morgan fingerprint density at radius 1 is 1.36 bits per heavy atom. The number of rotatable bonds is 3. The maximum absolute atomic E-state index is 12.3. The fourth-order valence-corrected chi connectivity index (χ4v) is 3.51. The van der Waals surface area contributed by atoms with Gasteiger partial charge in [-0.2, -0.15) is 0 Å². The highest BCUT2D eigenvalue weighted by molar-refractivity contribution is 8.04. The summed E-state index contributed by atoms with van der Waals surface area (Å²) in [5, 5.41) is 15.6. The second-order valence-corrected chi connectivity index (χ2v) is 8.70. The molecule has 2 aliphatic rings. The molecule has 8 heteroatoms. The van der Waals surface area contributed by atoms with E-state index < -0.39 is 0 Å². The van der Waals surface area contributed by atoms with Gasteiger partial charge in [-0.25, -0.2) is 9.78 Å². The third-order valence-corrected chi connectivity index (χ3v) is 5.31. The summed E-state index contributed by atoms with van der Waals surface area (Å²) >= 11 is 1.52. The Hall–Kier alpha value is -1.93. The minimum absolute atomic E-state index is 0.0676. The van der Waals surface area contributed by atoms with Crippen LogP contribution in [0.25, 0.3) is 6.08 Å². The van der Waals surface area contributed by atoms with E-state index >= 15 is 0 Å². The minimum atomic E-state index is -0.287. The molecule has 2 amide bonds. The first kappa shape index (κ1) is 22.4. The first-order valence-corrected chi connectivity index (χ1v) is 10.7. The van der Waals surface area contributed by atoms with Gasteiger partial charge >= 0.3 is 6.03 Å². The Balaban J connectivity index is 0.00000136. The summed E-state index contributed by atoms with van der Waals surface area (Å²) in [6.07, 6.45) is 8.35. The number of likely N-dealkylation sites (tertiary alicyclic amines) is 1. The van der Waals surface area contributed by atoms with Crippen LogP contribution in [0.1, 0.15) is 59.1 Å². The molecule has 1 aromatic heterocycles. The number of carbonyl (C=O) groups excluding carboxylic acids is 1. The standard InChI is InChI=1S/C18H26N4O3S.C2H6/c1-18(2,3)14-11-19-15(25-14)5-4-13-10-20-16(26-13)21-17(24)22-8-6-12(23)7-9-22;1-2/h4-5,10-12,16,20,23H,6-9H2,1-3H3,(H,21,24);1-2H3/b5-4+;. The molecule has 0 aliphatic carbocycles. The van der Waals surface area contributed by atoms with Crippen molar-refractivity contribution >= 4 is 23.9 Å². The van der Waals surface area contributed by atoms with Gasteiger partial charge in [-0.1, -0.05) is 46.4 Å². The maximum Gasteiger partial charge on any atom is 0.319 e.